The van der Waals surface area contributed by atoms with E-state index in [2.05, 4.69) is 0 Å². The highest BCUT2D eigenvalue weighted by molar-refractivity contribution is 6.35. The van der Waals surface area contributed by atoms with E-state index in [0.29, 0.717) is 23.0 Å². The molecule has 0 heterocycles. The van der Waals surface area contributed by atoms with E-state index in [-0.39, 0.29) is 11.7 Å². The van der Waals surface area contributed by atoms with Crippen LogP contribution in [0.3, 0.4) is 0 Å². The Balaban J connectivity index is 1.83. The molecule has 5 nitrogen and oxygen atoms in total. The molecule has 1 aliphatic carbocycles. The molecule has 24 heavy (non-hydrogen) atoms. The van der Waals surface area contributed by atoms with Gasteiger partial charge in [0.2, 0.25) is 0 Å². The zero-order valence-electron chi connectivity index (χ0n) is 12.9. The fraction of sp³-hybridized carbons (Fsp3) is 0.294. The third-order valence-electron chi connectivity index (χ3n) is 4.35. The molecule has 2 aromatic rings. The molecular formula is C17H16Cl2N2O3. The number of fused-ring (bicyclic) bond motifs is 1. The quantitative estimate of drug-likeness (QED) is 0.656. The first kappa shape index (κ1) is 17.2. The molecule has 1 aliphatic rings. The normalized spacial score (nSPS) is 19.5. The Labute approximate surface area is 149 Å². The second kappa shape index (κ2) is 6.69. The summed E-state index contributed by atoms with van der Waals surface area (Å²) in [5, 5.41) is 22.3. The predicted molar refractivity (Wildman–Crippen MR) is 93.5 cm³/mol. The molecule has 126 valence electrons. The molecule has 0 fully saturated rings. The summed E-state index contributed by atoms with van der Waals surface area (Å²) in [4.78, 5) is 12.3. The monoisotopic (exact) mass is 366 g/mol. The Kier molecular flexibility index (Phi) is 4.78. The number of aliphatic hydroxyl groups is 1. The van der Waals surface area contributed by atoms with Crippen molar-refractivity contribution in [3.8, 4) is 0 Å². The van der Waals surface area contributed by atoms with Gasteiger partial charge in [0.15, 0.2) is 0 Å². The van der Waals surface area contributed by atoms with Crippen molar-refractivity contribution in [2.75, 3.05) is 7.05 Å². The van der Waals surface area contributed by atoms with Gasteiger partial charge in [-0.25, -0.2) is 0 Å². The van der Waals surface area contributed by atoms with E-state index in [4.69, 9.17) is 23.2 Å². The molecule has 0 aliphatic heterocycles. The van der Waals surface area contributed by atoms with Crippen LogP contribution in [0.2, 0.25) is 10.0 Å². The van der Waals surface area contributed by atoms with Gasteiger partial charge in [0.25, 0.3) is 5.69 Å². The predicted octanol–water partition coefficient (Wildman–Crippen LogP) is 3.99. The Morgan fingerprint density at radius 3 is 2.58 bits per heavy atom. The molecule has 0 radical (unpaired) electrons. The third kappa shape index (κ3) is 3.26. The van der Waals surface area contributed by atoms with Crippen molar-refractivity contribution in [1.29, 1.82) is 0 Å². The number of hydrogen-bond donors (Lipinski definition) is 1. The molecule has 0 spiro atoms. The highest BCUT2D eigenvalue weighted by Crippen LogP contribution is 2.41. The minimum absolute atomic E-state index is 0.0613. The van der Waals surface area contributed by atoms with E-state index in [1.165, 1.54) is 12.1 Å². The maximum Gasteiger partial charge on any atom is 0.269 e. The molecule has 0 aromatic heterocycles. The second-order valence-electron chi connectivity index (χ2n) is 6.01. The van der Waals surface area contributed by atoms with Crippen molar-refractivity contribution in [3.05, 3.63) is 73.2 Å². The molecule has 2 atom stereocenters. The van der Waals surface area contributed by atoms with Crippen LogP contribution in [0, 0.1) is 10.1 Å². The number of nitro benzene ring substituents is 1. The first-order chi connectivity index (χ1) is 11.4. The largest absolute Gasteiger partial charge is 0.391 e. The standard InChI is InChI=1S/C17H16Cl2N2O3/c1-20(9-10-2-4-12(5-3-10)21(23)24)17-14-6-11(18)7-15(19)13(14)8-16(17)22/h2-7,16-17,22H,8-9H2,1H3/t16-,17-/m1/s1. The summed E-state index contributed by atoms with van der Waals surface area (Å²) in [6.07, 6.45) is -0.0836. The lowest BCUT2D eigenvalue weighted by Crippen LogP contribution is -2.30. The zero-order chi connectivity index (χ0) is 17.4. The van der Waals surface area contributed by atoms with Crippen LogP contribution in [-0.4, -0.2) is 28.1 Å². The maximum atomic E-state index is 10.7. The van der Waals surface area contributed by atoms with Gasteiger partial charge >= 0.3 is 0 Å². The fourth-order valence-corrected chi connectivity index (χ4v) is 3.86. The number of halogens is 2. The van der Waals surface area contributed by atoms with E-state index in [1.54, 1.807) is 18.2 Å². The van der Waals surface area contributed by atoms with Gasteiger partial charge < -0.3 is 5.11 Å². The molecule has 0 saturated heterocycles. The van der Waals surface area contributed by atoms with Gasteiger partial charge in [-0.1, -0.05) is 35.3 Å². The van der Waals surface area contributed by atoms with Crippen LogP contribution < -0.4 is 0 Å². The molecule has 0 saturated carbocycles. The Bertz CT molecular complexity index is 780. The van der Waals surface area contributed by atoms with E-state index in [0.717, 1.165) is 16.7 Å². The maximum absolute atomic E-state index is 10.7. The summed E-state index contributed by atoms with van der Waals surface area (Å²) in [6, 6.07) is 9.73. The average Bonchev–Trinajstić information content (AvgIpc) is 2.84. The summed E-state index contributed by atoms with van der Waals surface area (Å²) < 4.78 is 0. The molecule has 1 N–H and O–H groups in total. The van der Waals surface area contributed by atoms with Gasteiger partial charge in [-0.05, 0) is 35.9 Å². The van der Waals surface area contributed by atoms with Crippen molar-refractivity contribution >= 4 is 28.9 Å². The van der Waals surface area contributed by atoms with Crippen molar-refractivity contribution in [2.45, 2.75) is 25.1 Å². The highest BCUT2D eigenvalue weighted by atomic mass is 35.5. The van der Waals surface area contributed by atoms with Gasteiger partial charge in [-0.2, -0.15) is 0 Å². The van der Waals surface area contributed by atoms with Crippen LogP contribution in [-0.2, 0) is 13.0 Å². The number of hydrogen-bond acceptors (Lipinski definition) is 4. The van der Waals surface area contributed by atoms with Gasteiger partial charge in [-0.3, -0.25) is 15.0 Å². The van der Waals surface area contributed by atoms with Crippen molar-refractivity contribution in [2.24, 2.45) is 0 Å². The summed E-state index contributed by atoms with van der Waals surface area (Å²) in [7, 11) is 1.90. The molecule has 7 heteroatoms. The Morgan fingerprint density at radius 2 is 1.96 bits per heavy atom. The SMILES string of the molecule is CN(Cc1ccc([N+](=O)[O-])cc1)[C@@H]1c2cc(Cl)cc(Cl)c2C[C@H]1O. The van der Waals surface area contributed by atoms with E-state index in [1.807, 2.05) is 18.0 Å². The van der Waals surface area contributed by atoms with Crippen molar-refractivity contribution < 1.29 is 10.0 Å². The van der Waals surface area contributed by atoms with Gasteiger partial charge in [-0.15, -0.1) is 0 Å². The minimum Gasteiger partial charge on any atom is -0.391 e. The summed E-state index contributed by atoms with van der Waals surface area (Å²) in [6.45, 7) is 0.545. The van der Waals surface area contributed by atoms with Crippen LogP contribution in [0.4, 0.5) is 5.69 Å². The summed E-state index contributed by atoms with van der Waals surface area (Å²) in [5.41, 5.74) is 2.85. The summed E-state index contributed by atoms with van der Waals surface area (Å²) in [5.74, 6) is 0. The minimum atomic E-state index is -0.570. The van der Waals surface area contributed by atoms with Crippen LogP contribution in [0.5, 0.6) is 0 Å². The zero-order valence-corrected chi connectivity index (χ0v) is 14.5. The highest BCUT2D eigenvalue weighted by Gasteiger charge is 2.35. The van der Waals surface area contributed by atoms with E-state index < -0.39 is 11.0 Å². The lowest BCUT2D eigenvalue weighted by Gasteiger charge is -2.28. The molecule has 3 rings (SSSR count). The molecule has 0 bridgehead atoms. The van der Waals surface area contributed by atoms with Gasteiger partial charge in [0.1, 0.15) is 0 Å². The van der Waals surface area contributed by atoms with Crippen molar-refractivity contribution in [3.63, 3.8) is 0 Å². The van der Waals surface area contributed by atoms with Crippen LogP contribution in [0.15, 0.2) is 36.4 Å². The molecule has 2 aromatic carbocycles. The Hall–Kier alpha value is -1.66. The van der Waals surface area contributed by atoms with Crippen molar-refractivity contribution in [1.82, 2.24) is 4.90 Å². The molecular weight excluding hydrogens is 351 g/mol. The van der Waals surface area contributed by atoms with E-state index in [9.17, 15) is 15.2 Å². The number of non-ortho nitro benzene ring substituents is 1. The number of nitrogens with zero attached hydrogens (tertiary/aromatic N) is 2. The van der Waals surface area contributed by atoms with E-state index >= 15 is 0 Å². The van der Waals surface area contributed by atoms with Crippen LogP contribution in [0.1, 0.15) is 22.7 Å². The molecule has 0 amide bonds. The third-order valence-corrected chi connectivity index (χ3v) is 4.90. The lowest BCUT2D eigenvalue weighted by molar-refractivity contribution is -0.384. The topological polar surface area (TPSA) is 66.6 Å². The average molecular weight is 367 g/mol. The fourth-order valence-electron chi connectivity index (χ4n) is 3.27. The van der Waals surface area contributed by atoms with Gasteiger partial charge in [0, 0.05) is 35.1 Å². The number of benzene rings is 2. The number of nitro groups is 1. The van der Waals surface area contributed by atoms with Gasteiger partial charge in [0.05, 0.1) is 17.1 Å². The first-order valence-corrected chi connectivity index (χ1v) is 8.22. The lowest BCUT2D eigenvalue weighted by atomic mass is 10.1. The first-order valence-electron chi connectivity index (χ1n) is 7.46. The number of likely N-dealkylation sites (N-methyl/N-ethyl adjacent to an activating group) is 1. The number of rotatable bonds is 4. The second-order valence-corrected chi connectivity index (χ2v) is 6.85. The van der Waals surface area contributed by atoms with Crippen LogP contribution in [0.25, 0.3) is 0 Å². The molecule has 0 unspecified atom stereocenters. The smallest absolute Gasteiger partial charge is 0.269 e. The summed E-state index contributed by atoms with van der Waals surface area (Å²) >= 11 is 12.3. The Morgan fingerprint density at radius 1 is 1.29 bits per heavy atom. The number of aliphatic hydroxyl groups excluding tert-OH is 1. The van der Waals surface area contributed by atoms with Crippen LogP contribution >= 0.6 is 23.2 Å².